The smallest absolute Gasteiger partial charge is 0.242 e. The van der Waals surface area contributed by atoms with Crippen molar-refractivity contribution in [2.45, 2.75) is 36.2 Å². The number of hydrogen-bond acceptors (Lipinski definition) is 5. The number of carbonyl (C=O) groups is 1. The van der Waals surface area contributed by atoms with E-state index in [-0.39, 0.29) is 26.9 Å². The minimum atomic E-state index is -3.97. The van der Waals surface area contributed by atoms with Crippen molar-refractivity contribution >= 4 is 62.7 Å². The van der Waals surface area contributed by atoms with Crippen molar-refractivity contribution in [2.24, 2.45) is 0 Å². The average molecular weight is 457 g/mol. The van der Waals surface area contributed by atoms with Crippen molar-refractivity contribution in [3.63, 3.8) is 0 Å². The lowest BCUT2D eigenvalue weighted by atomic mass is 10.1. The average Bonchev–Trinajstić information content (AvgIpc) is 2.61. The highest BCUT2D eigenvalue weighted by molar-refractivity contribution is 7.99. The number of halogens is 2. The quantitative estimate of drug-likeness (QED) is 0.626. The summed E-state index contributed by atoms with van der Waals surface area (Å²) >= 11 is 15.3. The van der Waals surface area contributed by atoms with Gasteiger partial charge in [-0.05, 0) is 61.0 Å². The van der Waals surface area contributed by atoms with Crippen LogP contribution in [0.2, 0.25) is 10.0 Å². The molecule has 0 radical (unpaired) electrons. The first-order valence-corrected chi connectivity index (χ1v) is 13.0. The van der Waals surface area contributed by atoms with Gasteiger partial charge in [0.05, 0.1) is 5.02 Å². The highest BCUT2D eigenvalue weighted by atomic mass is 35.5. The molecule has 1 unspecified atom stereocenters. The van der Waals surface area contributed by atoms with E-state index in [1.165, 1.54) is 18.2 Å². The Morgan fingerprint density at radius 1 is 1.35 bits per heavy atom. The molecule has 1 amide bonds. The Hall–Kier alpha value is -0.120. The summed E-state index contributed by atoms with van der Waals surface area (Å²) in [5.74, 6) is 2.37. The third-order valence-electron chi connectivity index (χ3n) is 3.97. The van der Waals surface area contributed by atoms with E-state index >= 15 is 0 Å². The molecule has 1 aliphatic rings. The predicted molar refractivity (Wildman–Crippen MR) is 112 cm³/mol. The molecule has 10 heteroatoms. The Morgan fingerprint density at radius 3 is 2.69 bits per heavy atom. The summed E-state index contributed by atoms with van der Waals surface area (Å²) in [7, 11) is -3.97. The number of amides is 1. The summed E-state index contributed by atoms with van der Waals surface area (Å²) in [5.41, 5.74) is 0. The van der Waals surface area contributed by atoms with E-state index in [9.17, 15) is 13.2 Å². The summed E-state index contributed by atoms with van der Waals surface area (Å²) < 4.78 is 28.0. The van der Waals surface area contributed by atoms with E-state index in [1.807, 2.05) is 18.0 Å². The Labute approximate surface area is 173 Å². The van der Waals surface area contributed by atoms with Crippen molar-refractivity contribution in [1.82, 2.24) is 10.0 Å². The Bertz CT molecular complexity index is 725. The molecule has 1 fully saturated rings. The number of nitrogens with one attached hydrogen (secondary N) is 2. The molecule has 2 N–H and O–H groups in total. The Morgan fingerprint density at radius 2 is 2.04 bits per heavy atom. The number of benzene rings is 1. The molecule has 1 aromatic rings. The van der Waals surface area contributed by atoms with Gasteiger partial charge in [-0.2, -0.15) is 28.2 Å². The molecule has 1 saturated heterocycles. The third-order valence-corrected chi connectivity index (χ3v) is 7.86. The molecule has 146 valence electrons. The number of rotatable bonds is 8. The molecular weight excluding hydrogens is 435 g/mol. The van der Waals surface area contributed by atoms with Gasteiger partial charge in [0, 0.05) is 11.1 Å². The maximum Gasteiger partial charge on any atom is 0.242 e. The van der Waals surface area contributed by atoms with Gasteiger partial charge < -0.3 is 5.32 Å². The molecule has 5 nitrogen and oxygen atoms in total. The minimum Gasteiger partial charge on any atom is -0.352 e. The topological polar surface area (TPSA) is 75.3 Å². The van der Waals surface area contributed by atoms with Gasteiger partial charge in [0.1, 0.15) is 10.9 Å². The first-order chi connectivity index (χ1) is 12.3. The van der Waals surface area contributed by atoms with Crippen molar-refractivity contribution in [3.8, 4) is 0 Å². The molecule has 0 aliphatic carbocycles. The number of sulfonamides is 1. The van der Waals surface area contributed by atoms with Gasteiger partial charge in [0.2, 0.25) is 15.9 Å². The molecule has 2 rings (SSSR count). The Kier molecular flexibility index (Phi) is 8.90. The maximum absolute atomic E-state index is 12.7. The monoisotopic (exact) mass is 456 g/mol. The maximum atomic E-state index is 12.7. The molecule has 1 atom stereocenters. The fourth-order valence-corrected chi connectivity index (χ4v) is 6.13. The molecule has 26 heavy (non-hydrogen) atoms. The van der Waals surface area contributed by atoms with Crippen LogP contribution in [0.4, 0.5) is 0 Å². The SMILES string of the molecule is CSCCC(NS(=O)(=O)c1cc(Cl)ccc1Cl)C(=O)NC1CCSCC1. The lowest BCUT2D eigenvalue weighted by molar-refractivity contribution is -0.123. The van der Waals surface area contributed by atoms with Crippen molar-refractivity contribution < 1.29 is 13.2 Å². The first-order valence-electron chi connectivity index (χ1n) is 8.18. The lowest BCUT2D eigenvalue weighted by Crippen LogP contribution is -2.50. The molecule has 0 bridgehead atoms. The molecule has 1 aliphatic heterocycles. The van der Waals surface area contributed by atoms with Gasteiger partial charge in [0.25, 0.3) is 0 Å². The van der Waals surface area contributed by atoms with Crippen LogP contribution in [0, 0.1) is 0 Å². The van der Waals surface area contributed by atoms with E-state index in [0.29, 0.717) is 12.2 Å². The van der Waals surface area contributed by atoms with Crippen LogP contribution in [-0.2, 0) is 14.8 Å². The Balaban J connectivity index is 2.14. The largest absolute Gasteiger partial charge is 0.352 e. The summed E-state index contributed by atoms with van der Waals surface area (Å²) in [4.78, 5) is 12.5. The van der Waals surface area contributed by atoms with Crippen LogP contribution in [0.25, 0.3) is 0 Å². The first kappa shape index (κ1) is 22.2. The van der Waals surface area contributed by atoms with Gasteiger partial charge in [0.15, 0.2) is 0 Å². The van der Waals surface area contributed by atoms with Crippen LogP contribution in [-0.4, -0.2) is 49.9 Å². The van der Waals surface area contributed by atoms with Crippen LogP contribution in [0.15, 0.2) is 23.1 Å². The van der Waals surface area contributed by atoms with Crippen molar-refractivity contribution in [2.75, 3.05) is 23.5 Å². The van der Waals surface area contributed by atoms with Gasteiger partial charge in [-0.3, -0.25) is 4.79 Å². The van der Waals surface area contributed by atoms with Crippen molar-refractivity contribution in [3.05, 3.63) is 28.2 Å². The zero-order valence-electron chi connectivity index (χ0n) is 14.3. The van der Waals surface area contributed by atoms with Crippen LogP contribution < -0.4 is 10.0 Å². The van der Waals surface area contributed by atoms with Crippen molar-refractivity contribution in [1.29, 1.82) is 0 Å². The van der Waals surface area contributed by atoms with Crippen LogP contribution >= 0.6 is 46.7 Å². The number of hydrogen-bond donors (Lipinski definition) is 2. The minimum absolute atomic E-state index is 0.0650. The van der Waals surface area contributed by atoms with E-state index in [1.54, 1.807) is 11.8 Å². The fourth-order valence-electron chi connectivity index (χ4n) is 2.56. The predicted octanol–water partition coefficient (Wildman–Crippen LogP) is 3.41. The van der Waals surface area contributed by atoms with Crippen LogP contribution in [0.3, 0.4) is 0 Å². The molecular formula is C16H22Cl2N2O3S3. The van der Waals surface area contributed by atoms with Crippen LogP contribution in [0.5, 0.6) is 0 Å². The second-order valence-corrected chi connectivity index (χ2v) is 10.7. The summed E-state index contributed by atoms with van der Waals surface area (Å²) in [6, 6.07) is 3.47. The molecule has 0 spiro atoms. The highest BCUT2D eigenvalue weighted by Gasteiger charge is 2.28. The highest BCUT2D eigenvalue weighted by Crippen LogP contribution is 2.25. The molecule has 1 aromatic carbocycles. The van der Waals surface area contributed by atoms with E-state index < -0.39 is 16.1 Å². The zero-order chi connectivity index (χ0) is 19.2. The van der Waals surface area contributed by atoms with E-state index in [0.717, 1.165) is 24.3 Å². The zero-order valence-corrected chi connectivity index (χ0v) is 18.3. The van der Waals surface area contributed by atoms with Gasteiger partial charge in [-0.1, -0.05) is 23.2 Å². The number of carbonyl (C=O) groups excluding carboxylic acids is 1. The normalized spacial score (nSPS) is 17.0. The second-order valence-electron chi connectivity index (χ2n) is 5.93. The lowest BCUT2D eigenvalue weighted by Gasteiger charge is -2.26. The van der Waals surface area contributed by atoms with Gasteiger partial charge in [-0.15, -0.1) is 0 Å². The summed E-state index contributed by atoms with van der Waals surface area (Å²) in [6.45, 7) is 0. The van der Waals surface area contributed by atoms with Gasteiger partial charge in [-0.25, -0.2) is 8.42 Å². The fraction of sp³-hybridized carbons (Fsp3) is 0.562. The molecule has 0 aromatic heterocycles. The third kappa shape index (κ3) is 6.49. The second kappa shape index (κ2) is 10.4. The van der Waals surface area contributed by atoms with E-state index in [4.69, 9.17) is 23.2 Å². The van der Waals surface area contributed by atoms with Gasteiger partial charge >= 0.3 is 0 Å². The van der Waals surface area contributed by atoms with E-state index in [2.05, 4.69) is 10.0 Å². The number of thioether (sulfide) groups is 2. The van der Waals surface area contributed by atoms with Crippen LogP contribution in [0.1, 0.15) is 19.3 Å². The standard InChI is InChI=1S/C16H22Cl2N2O3S3/c1-24-7-6-14(16(21)19-12-4-8-25-9-5-12)20-26(22,23)15-10-11(17)2-3-13(15)18/h2-3,10,12,14,20H,4-9H2,1H3,(H,19,21). The molecule has 0 saturated carbocycles. The molecule has 1 heterocycles. The summed E-state index contributed by atoms with van der Waals surface area (Å²) in [5, 5.41) is 3.31. The summed E-state index contributed by atoms with van der Waals surface area (Å²) in [6.07, 6.45) is 4.11.